The van der Waals surface area contributed by atoms with Crippen LogP contribution in [0.5, 0.6) is 0 Å². The summed E-state index contributed by atoms with van der Waals surface area (Å²) in [7, 11) is 0. The van der Waals surface area contributed by atoms with Crippen LogP contribution in [0.3, 0.4) is 0 Å². The normalized spacial score (nSPS) is 20.8. The van der Waals surface area contributed by atoms with Crippen molar-refractivity contribution < 1.29 is 14.3 Å². The van der Waals surface area contributed by atoms with Gasteiger partial charge in [0.15, 0.2) is 5.41 Å². The fraction of sp³-hybridized carbons (Fsp3) is 0.143. The van der Waals surface area contributed by atoms with Gasteiger partial charge in [-0.25, -0.2) is 9.59 Å². The van der Waals surface area contributed by atoms with Crippen LogP contribution >= 0.6 is 0 Å². The van der Waals surface area contributed by atoms with Crippen molar-refractivity contribution in [3.05, 3.63) is 54.1 Å². The van der Waals surface area contributed by atoms with Crippen LogP contribution in [-0.2, 0) is 14.3 Å². The maximum absolute atomic E-state index is 11.5. The molecule has 1 fully saturated rings. The zero-order chi connectivity index (χ0) is 11.9. The second-order valence-corrected chi connectivity index (χ2v) is 4.24. The molecule has 1 aromatic carbocycles. The van der Waals surface area contributed by atoms with Crippen molar-refractivity contribution in [2.75, 3.05) is 0 Å². The lowest BCUT2D eigenvalue weighted by Gasteiger charge is -2.35. The molecule has 0 saturated carbocycles. The fourth-order valence-corrected chi connectivity index (χ4v) is 2.18. The molecule has 0 aromatic heterocycles. The van der Waals surface area contributed by atoms with Crippen LogP contribution in [0.2, 0.25) is 0 Å². The molecule has 0 amide bonds. The van der Waals surface area contributed by atoms with Gasteiger partial charge in [-0.2, -0.15) is 0 Å². The van der Waals surface area contributed by atoms with Crippen LogP contribution in [0.25, 0.3) is 5.57 Å². The molecule has 3 nitrogen and oxygen atoms in total. The highest BCUT2D eigenvalue weighted by Gasteiger charge is 2.57. The molecule has 84 valence electrons. The first-order valence-corrected chi connectivity index (χ1v) is 5.43. The summed E-state index contributed by atoms with van der Waals surface area (Å²) in [5.74, 6) is -0.888. The molecule has 2 aliphatic rings. The number of esters is 2. The van der Waals surface area contributed by atoms with E-state index in [9.17, 15) is 9.59 Å². The van der Waals surface area contributed by atoms with Crippen LogP contribution in [0, 0.1) is 5.41 Å². The zero-order valence-electron chi connectivity index (χ0n) is 9.05. The highest BCUT2D eigenvalue weighted by Crippen LogP contribution is 2.43. The Balaban J connectivity index is 1.96. The highest BCUT2D eigenvalue weighted by atomic mass is 16.6. The highest BCUT2D eigenvalue weighted by molar-refractivity contribution is 6.17. The lowest BCUT2D eigenvalue weighted by molar-refractivity contribution is -0.191. The molecule has 0 bridgehead atoms. The lowest BCUT2D eigenvalue weighted by Crippen LogP contribution is -2.52. The van der Waals surface area contributed by atoms with Gasteiger partial charge in [0.2, 0.25) is 0 Å². The van der Waals surface area contributed by atoms with E-state index in [1.807, 2.05) is 36.4 Å². The summed E-state index contributed by atoms with van der Waals surface area (Å²) in [4.78, 5) is 22.9. The minimum Gasteiger partial charge on any atom is -0.391 e. The molecule has 0 radical (unpaired) electrons. The Kier molecular flexibility index (Phi) is 2.01. The predicted molar refractivity (Wildman–Crippen MR) is 61.7 cm³/mol. The van der Waals surface area contributed by atoms with Gasteiger partial charge >= 0.3 is 11.9 Å². The van der Waals surface area contributed by atoms with Gasteiger partial charge in [0.1, 0.15) is 0 Å². The first-order chi connectivity index (χ1) is 8.22. The maximum atomic E-state index is 11.5. The monoisotopic (exact) mass is 226 g/mol. The molecule has 1 aliphatic heterocycles. The Morgan fingerprint density at radius 2 is 1.76 bits per heavy atom. The molecule has 3 heteroatoms. The van der Waals surface area contributed by atoms with E-state index in [1.54, 1.807) is 12.2 Å². The fourth-order valence-electron chi connectivity index (χ4n) is 2.18. The van der Waals surface area contributed by atoms with Crippen LogP contribution < -0.4 is 0 Å². The Morgan fingerprint density at radius 3 is 2.41 bits per heavy atom. The molecule has 0 atom stereocenters. The third-order valence-corrected chi connectivity index (χ3v) is 3.21. The molecule has 0 N–H and O–H groups in total. The summed E-state index contributed by atoms with van der Waals surface area (Å²) in [6.45, 7) is 0. The average molecular weight is 226 g/mol. The van der Waals surface area contributed by atoms with E-state index in [2.05, 4.69) is 4.74 Å². The van der Waals surface area contributed by atoms with Gasteiger partial charge in [0, 0.05) is 6.42 Å². The number of benzene rings is 1. The lowest BCUT2D eigenvalue weighted by atomic mass is 9.74. The molecule has 3 rings (SSSR count). The molecule has 1 aliphatic carbocycles. The van der Waals surface area contributed by atoms with Gasteiger partial charge < -0.3 is 4.74 Å². The summed E-state index contributed by atoms with van der Waals surface area (Å²) < 4.78 is 4.46. The number of cyclic esters (lactones) is 2. The smallest absolute Gasteiger partial charge is 0.335 e. The van der Waals surface area contributed by atoms with E-state index in [4.69, 9.17) is 0 Å². The molecule has 1 spiro atoms. The zero-order valence-corrected chi connectivity index (χ0v) is 9.05. The average Bonchev–Trinajstić information content (AvgIpc) is 2.40. The second kappa shape index (κ2) is 3.42. The summed E-state index contributed by atoms with van der Waals surface area (Å²) in [6, 6.07) is 9.73. The Labute approximate surface area is 98.4 Å². The van der Waals surface area contributed by atoms with Gasteiger partial charge in [0.25, 0.3) is 0 Å². The van der Waals surface area contributed by atoms with Crippen LogP contribution in [0.4, 0.5) is 0 Å². The Morgan fingerprint density at radius 1 is 1.06 bits per heavy atom. The summed E-state index contributed by atoms with van der Waals surface area (Å²) in [5, 5.41) is 0. The topological polar surface area (TPSA) is 43.4 Å². The second-order valence-electron chi connectivity index (χ2n) is 4.24. The molecule has 1 aromatic rings. The van der Waals surface area contributed by atoms with E-state index in [0.717, 1.165) is 11.1 Å². The third-order valence-electron chi connectivity index (χ3n) is 3.21. The van der Waals surface area contributed by atoms with Gasteiger partial charge in [-0.05, 0) is 11.1 Å². The molecule has 1 heterocycles. The number of hydrogen-bond acceptors (Lipinski definition) is 3. The van der Waals surface area contributed by atoms with Crippen molar-refractivity contribution in [2.45, 2.75) is 6.42 Å². The van der Waals surface area contributed by atoms with Crippen molar-refractivity contribution in [2.24, 2.45) is 5.41 Å². The van der Waals surface area contributed by atoms with E-state index >= 15 is 0 Å². The largest absolute Gasteiger partial charge is 0.391 e. The molecule has 17 heavy (non-hydrogen) atoms. The van der Waals surface area contributed by atoms with E-state index in [0.29, 0.717) is 6.42 Å². The molecular formula is C14H10O3. The van der Waals surface area contributed by atoms with Gasteiger partial charge in [-0.3, -0.25) is 0 Å². The maximum Gasteiger partial charge on any atom is 0.335 e. The summed E-state index contributed by atoms with van der Waals surface area (Å²) >= 11 is 0. The predicted octanol–water partition coefficient (Wildman–Crippen LogP) is 2.10. The van der Waals surface area contributed by atoms with Crippen LogP contribution in [0.15, 0.2) is 48.6 Å². The number of hydrogen-bond donors (Lipinski definition) is 0. The van der Waals surface area contributed by atoms with E-state index in [-0.39, 0.29) is 0 Å². The number of allylic oxidation sites excluding steroid dienone is 3. The van der Waals surface area contributed by atoms with E-state index < -0.39 is 17.4 Å². The molecule has 0 unspecified atom stereocenters. The van der Waals surface area contributed by atoms with Crippen molar-refractivity contribution in [1.82, 2.24) is 0 Å². The standard InChI is InChI=1S/C14H10O3/c15-12-14(13(16)17-12)8-4-7-11(9-14)10-5-2-1-3-6-10/h1-8H,9H2. The number of ether oxygens (including phenoxy) is 1. The molecule has 1 saturated heterocycles. The molecular weight excluding hydrogens is 216 g/mol. The Hall–Kier alpha value is -2.16. The number of rotatable bonds is 1. The van der Waals surface area contributed by atoms with Crippen molar-refractivity contribution in [3.8, 4) is 0 Å². The van der Waals surface area contributed by atoms with Gasteiger partial charge in [0.05, 0.1) is 0 Å². The van der Waals surface area contributed by atoms with Gasteiger partial charge in [-0.1, -0.05) is 48.6 Å². The van der Waals surface area contributed by atoms with Crippen molar-refractivity contribution in [3.63, 3.8) is 0 Å². The van der Waals surface area contributed by atoms with Crippen LogP contribution in [-0.4, -0.2) is 11.9 Å². The van der Waals surface area contributed by atoms with Crippen LogP contribution in [0.1, 0.15) is 12.0 Å². The van der Waals surface area contributed by atoms with Crippen molar-refractivity contribution in [1.29, 1.82) is 0 Å². The SMILES string of the molecule is O=C1OC(=O)C12C=CC=C(c1ccccc1)C2. The van der Waals surface area contributed by atoms with E-state index in [1.165, 1.54) is 0 Å². The van der Waals surface area contributed by atoms with Gasteiger partial charge in [-0.15, -0.1) is 0 Å². The Bertz CT molecular complexity index is 538. The summed E-state index contributed by atoms with van der Waals surface area (Å²) in [6.07, 6.45) is 5.71. The van der Waals surface area contributed by atoms with Crippen molar-refractivity contribution >= 4 is 17.5 Å². The quantitative estimate of drug-likeness (QED) is 0.544. The first-order valence-electron chi connectivity index (χ1n) is 5.43. The minimum absolute atomic E-state index is 0.394. The third kappa shape index (κ3) is 1.35. The number of carbonyl (C=O) groups is 2. The first kappa shape index (κ1) is 10.0. The number of carbonyl (C=O) groups excluding carboxylic acids is 2. The minimum atomic E-state index is -1.06. The summed E-state index contributed by atoms with van der Waals surface area (Å²) in [5.41, 5.74) is 0.960.